The van der Waals surface area contributed by atoms with Crippen LogP contribution in [-0.4, -0.2) is 7.11 Å². The number of benzene rings is 1. The minimum atomic E-state index is 0.482. The van der Waals surface area contributed by atoms with Crippen molar-refractivity contribution in [3.63, 3.8) is 0 Å². The molecule has 0 aliphatic heterocycles. The zero-order chi connectivity index (χ0) is 8.43. The Labute approximate surface area is 73.5 Å². The minimum Gasteiger partial charge on any atom is -0.494 e. The summed E-state index contributed by atoms with van der Waals surface area (Å²) in [5, 5.41) is 0. The predicted octanol–water partition coefficient (Wildman–Crippen LogP) is 1.62. The number of anilines is 2. The van der Waals surface area contributed by atoms with Gasteiger partial charge in [0.05, 0.1) is 18.5 Å². The Hall–Kier alpha value is -0.900. The van der Waals surface area contributed by atoms with Gasteiger partial charge in [-0.25, -0.2) is 0 Å². The summed E-state index contributed by atoms with van der Waals surface area (Å²) < 4.78 is 5.83. The van der Waals surface area contributed by atoms with Gasteiger partial charge in [0.1, 0.15) is 5.75 Å². The first-order valence-electron chi connectivity index (χ1n) is 3.03. The lowest BCUT2D eigenvalue weighted by Crippen LogP contribution is -1.97. The van der Waals surface area contributed by atoms with E-state index >= 15 is 0 Å². The van der Waals surface area contributed by atoms with Gasteiger partial charge in [-0.3, -0.25) is 0 Å². The SMILES string of the molecule is COc1cc(Br)cc(N)c1N. The minimum absolute atomic E-state index is 0.482. The second-order valence-electron chi connectivity index (χ2n) is 2.11. The molecule has 0 spiro atoms. The van der Waals surface area contributed by atoms with Crippen LogP contribution in [0.25, 0.3) is 0 Å². The van der Waals surface area contributed by atoms with Gasteiger partial charge >= 0.3 is 0 Å². The molecule has 0 heterocycles. The molecule has 1 rings (SSSR count). The van der Waals surface area contributed by atoms with Crippen molar-refractivity contribution in [2.45, 2.75) is 0 Å². The van der Waals surface area contributed by atoms with Gasteiger partial charge < -0.3 is 16.2 Å². The van der Waals surface area contributed by atoms with Crippen LogP contribution in [0.4, 0.5) is 11.4 Å². The van der Waals surface area contributed by atoms with Crippen molar-refractivity contribution in [1.82, 2.24) is 0 Å². The number of ether oxygens (including phenoxy) is 1. The van der Waals surface area contributed by atoms with E-state index in [1.807, 2.05) is 0 Å². The highest BCUT2D eigenvalue weighted by Gasteiger charge is 2.03. The standard InChI is InChI=1S/C7H9BrN2O/c1-11-6-3-4(8)2-5(9)7(6)10/h2-3H,9-10H2,1H3. The van der Waals surface area contributed by atoms with E-state index in [-0.39, 0.29) is 0 Å². The van der Waals surface area contributed by atoms with Crippen molar-refractivity contribution in [1.29, 1.82) is 0 Å². The number of nitrogen functional groups attached to an aromatic ring is 2. The predicted molar refractivity (Wildman–Crippen MR) is 49.5 cm³/mol. The Balaban J connectivity index is 3.24. The number of rotatable bonds is 1. The van der Waals surface area contributed by atoms with Gasteiger partial charge in [0, 0.05) is 4.47 Å². The molecular weight excluding hydrogens is 208 g/mol. The van der Waals surface area contributed by atoms with Gasteiger partial charge in [0.25, 0.3) is 0 Å². The number of halogens is 1. The molecule has 0 aliphatic rings. The maximum atomic E-state index is 5.59. The molecule has 1 aromatic carbocycles. The summed E-state index contributed by atoms with van der Waals surface area (Å²) >= 11 is 3.27. The Bertz CT molecular complexity index is 275. The Morgan fingerprint density at radius 3 is 2.55 bits per heavy atom. The lowest BCUT2D eigenvalue weighted by atomic mass is 10.2. The van der Waals surface area contributed by atoms with Gasteiger partial charge in [-0.15, -0.1) is 0 Å². The molecule has 11 heavy (non-hydrogen) atoms. The zero-order valence-electron chi connectivity index (χ0n) is 6.10. The van der Waals surface area contributed by atoms with E-state index < -0.39 is 0 Å². The molecule has 0 atom stereocenters. The molecule has 0 aromatic heterocycles. The lowest BCUT2D eigenvalue weighted by Gasteiger charge is -2.06. The van der Waals surface area contributed by atoms with Crippen LogP contribution in [0.1, 0.15) is 0 Å². The van der Waals surface area contributed by atoms with E-state index in [0.717, 1.165) is 4.47 Å². The van der Waals surface area contributed by atoms with Crippen molar-refractivity contribution >= 4 is 27.3 Å². The molecule has 0 aliphatic carbocycles. The summed E-state index contributed by atoms with van der Waals surface area (Å²) in [5.41, 5.74) is 12.2. The topological polar surface area (TPSA) is 61.3 Å². The molecular formula is C7H9BrN2O. The second-order valence-corrected chi connectivity index (χ2v) is 3.03. The number of nitrogens with two attached hydrogens (primary N) is 2. The van der Waals surface area contributed by atoms with Gasteiger partial charge in [-0.2, -0.15) is 0 Å². The van der Waals surface area contributed by atoms with Crippen molar-refractivity contribution in [3.8, 4) is 5.75 Å². The summed E-state index contributed by atoms with van der Waals surface area (Å²) in [6, 6.07) is 3.50. The molecule has 0 unspecified atom stereocenters. The van der Waals surface area contributed by atoms with E-state index in [2.05, 4.69) is 15.9 Å². The largest absolute Gasteiger partial charge is 0.494 e. The number of hydrogen-bond donors (Lipinski definition) is 2. The van der Waals surface area contributed by atoms with Crippen molar-refractivity contribution in [2.24, 2.45) is 0 Å². The lowest BCUT2D eigenvalue weighted by molar-refractivity contribution is 0.417. The first-order valence-corrected chi connectivity index (χ1v) is 3.83. The van der Waals surface area contributed by atoms with E-state index in [4.69, 9.17) is 16.2 Å². The van der Waals surface area contributed by atoms with Gasteiger partial charge in [-0.05, 0) is 12.1 Å². The number of methoxy groups -OCH3 is 1. The first-order chi connectivity index (χ1) is 5.15. The highest BCUT2D eigenvalue weighted by Crippen LogP contribution is 2.31. The van der Waals surface area contributed by atoms with Crippen LogP contribution >= 0.6 is 15.9 Å². The average molecular weight is 217 g/mol. The van der Waals surface area contributed by atoms with Crippen LogP contribution in [0.2, 0.25) is 0 Å². The quantitative estimate of drug-likeness (QED) is 0.702. The Morgan fingerprint density at radius 1 is 1.36 bits per heavy atom. The van der Waals surface area contributed by atoms with Gasteiger partial charge in [-0.1, -0.05) is 15.9 Å². The maximum Gasteiger partial charge on any atom is 0.144 e. The van der Waals surface area contributed by atoms with Crippen LogP contribution in [-0.2, 0) is 0 Å². The van der Waals surface area contributed by atoms with E-state index in [1.54, 1.807) is 19.2 Å². The van der Waals surface area contributed by atoms with Crippen LogP contribution in [0.3, 0.4) is 0 Å². The fourth-order valence-electron chi connectivity index (χ4n) is 0.782. The van der Waals surface area contributed by atoms with Crippen molar-refractivity contribution < 1.29 is 4.74 Å². The fraction of sp³-hybridized carbons (Fsp3) is 0.143. The Kier molecular flexibility index (Phi) is 2.24. The molecule has 0 amide bonds. The van der Waals surface area contributed by atoms with E-state index in [0.29, 0.717) is 17.1 Å². The van der Waals surface area contributed by atoms with E-state index in [9.17, 15) is 0 Å². The molecule has 0 fully saturated rings. The summed E-state index contributed by atoms with van der Waals surface area (Å²) in [7, 11) is 1.55. The highest BCUT2D eigenvalue weighted by molar-refractivity contribution is 9.10. The zero-order valence-corrected chi connectivity index (χ0v) is 7.68. The van der Waals surface area contributed by atoms with Crippen LogP contribution in [0.5, 0.6) is 5.75 Å². The molecule has 0 saturated heterocycles. The smallest absolute Gasteiger partial charge is 0.144 e. The third-order valence-electron chi connectivity index (χ3n) is 1.36. The Morgan fingerprint density at radius 2 is 2.00 bits per heavy atom. The molecule has 3 nitrogen and oxygen atoms in total. The third kappa shape index (κ3) is 1.57. The molecule has 60 valence electrons. The summed E-state index contributed by atoms with van der Waals surface area (Å²) in [6.07, 6.45) is 0. The second kappa shape index (κ2) is 3.00. The first kappa shape index (κ1) is 8.20. The maximum absolute atomic E-state index is 5.59. The van der Waals surface area contributed by atoms with E-state index in [1.165, 1.54) is 0 Å². The van der Waals surface area contributed by atoms with Crippen LogP contribution in [0, 0.1) is 0 Å². The molecule has 4 N–H and O–H groups in total. The van der Waals surface area contributed by atoms with Crippen LogP contribution in [0.15, 0.2) is 16.6 Å². The normalized spacial score (nSPS) is 9.64. The molecule has 0 saturated carbocycles. The molecule has 4 heteroatoms. The van der Waals surface area contributed by atoms with Crippen molar-refractivity contribution in [2.75, 3.05) is 18.6 Å². The fourth-order valence-corrected chi connectivity index (χ4v) is 1.24. The summed E-state index contributed by atoms with van der Waals surface area (Å²) in [4.78, 5) is 0. The average Bonchev–Trinajstić information content (AvgIpc) is 1.96. The summed E-state index contributed by atoms with van der Waals surface area (Å²) in [5.74, 6) is 0.594. The highest BCUT2D eigenvalue weighted by atomic mass is 79.9. The van der Waals surface area contributed by atoms with Crippen molar-refractivity contribution in [3.05, 3.63) is 16.6 Å². The van der Waals surface area contributed by atoms with Gasteiger partial charge in [0.15, 0.2) is 0 Å². The van der Waals surface area contributed by atoms with Gasteiger partial charge in [0.2, 0.25) is 0 Å². The third-order valence-corrected chi connectivity index (χ3v) is 1.82. The molecule has 0 radical (unpaired) electrons. The molecule has 0 bridgehead atoms. The summed E-state index contributed by atoms with van der Waals surface area (Å²) in [6.45, 7) is 0. The van der Waals surface area contributed by atoms with Crippen LogP contribution < -0.4 is 16.2 Å². The number of hydrogen-bond acceptors (Lipinski definition) is 3. The molecule has 1 aromatic rings. The monoisotopic (exact) mass is 216 g/mol.